The summed E-state index contributed by atoms with van der Waals surface area (Å²) in [5.74, 6) is -0.573. The Hall–Kier alpha value is -1.47. The minimum Gasteiger partial charge on any atom is -0.432 e. The van der Waals surface area contributed by atoms with Gasteiger partial charge in [0, 0.05) is 0 Å². The van der Waals surface area contributed by atoms with Crippen LogP contribution in [0.3, 0.4) is 0 Å². The number of rotatable bonds is 3. The zero-order valence-corrected chi connectivity index (χ0v) is 11.0. The van der Waals surface area contributed by atoms with Crippen molar-refractivity contribution in [3.05, 3.63) is 35.9 Å². The molecular weight excluding hydrogens is 264 g/mol. The van der Waals surface area contributed by atoms with Crippen molar-refractivity contribution < 1.29 is 29.6 Å². The molecular formula is C14H18O6. The van der Waals surface area contributed by atoms with Crippen LogP contribution in [0.15, 0.2) is 30.3 Å². The number of carbonyl (C=O) groups is 1. The maximum atomic E-state index is 11.8. The summed E-state index contributed by atoms with van der Waals surface area (Å²) in [6.45, 7) is 1.53. The molecule has 0 spiro atoms. The topological polar surface area (TPSA) is 96.2 Å². The molecule has 0 unspecified atom stereocenters. The lowest BCUT2D eigenvalue weighted by Crippen LogP contribution is -2.57. The predicted molar refractivity (Wildman–Crippen MR) is 68.6 cm³/mol. The van der Waals surface area contributed by atoms with Crippen molar-refractivity contribution in [2.24, 2.45) is 0 Å². The smallest absolute Gasteiger partial charge is 0.312 e. The number of carbonyl (C=O) groups excluding carboxylic acids is 1. The quantitative estimate of drug-likeness (QED) is 0.653. The van der Waals surface area contributed by atoms with Crippen molar-refractivity contribution in [3.8, 4) is 0 Å². The lowest BCUT2D eigenvalue weighted by molar-refractivity contribution is -0.284. The molecule has 1 heterocycles. The highest BCUT2D eigenvalue weighted by Gasteiger charge is 2.43. The van der Waals surface area contributed by atoms with E-state index in [4.69, 9.17) is 9.47 Å². The van der Waals surface area contributed by atoms with Crippen LogP contribution in [0.4, 0.5) is 0 Å². The van der Waals surface area contributed by atoms with Crippen molar-refractivity contribution >= 4 is 5.97 Å². The van der Waals surface area contributed by atoms with Crippen LogP contribution in [0.5, 0.6) is 0 Å². The zero-order chi connectivity index (χ0) is 14.7. The molecule has 1 aliphatic rings. The molecule has 6 heteroatoms. The van der Waals surface area contributed by atoms with E-state index in [-0.39, 0.29) is 6.42 Å². The molecule has 5 atom stereocenters. The average molecular weight is 282 g/mol. The molecule has 0 aromatic heterocycles. The van der Waals surface area contributed by atoms with Gasteiger partial charge in [-0.1, -0.05) is 30.3 Å². The van der Waals surface area contributed by atoms with Crippen LogP contribution in [0, 0.1) is 0 Å². The van der Waals surface area contributed by atoms with Gasteiger partial charge in [-0.3, -0.25) is 4.79 Å². The van der Waals surface area contributed by atoms with Crippen molar-refractivity contribution in [1.82, 2.24) is 0 Å². The summed E-state index contributed by atoms with van der Waals surface area (Å²) in [5, 5.41) is 28.9. The fraction of sp³-hybridized carbons (Fsp3) is 0.500. The third-order valence-corrected chi connectivity index (χ3v) is 3.25. The Morgan fingerprint density at radius 3 is 2.45 bits per heavy atom. The Labute approximate surface area is 116 Å². The molecule has 0 saturated carbocycles. The Balaban J connectivity index is 1.94. The molecule has 1 saturated heterocycles. The minimum atomic E-state index is -1.47. The number of ether oxygens (including phenoxy) is 2. The summed E-state index contributed by atoms with van der Waals surface area (Å²) in [5.41, 5.74) is 0.774. The molecule has 0 aliphatic carbocycles. The molecule has 3 N–H and O–H groups in total. The molecule has 6 nitrogen and oxygen atoms in total. The predicted octanol–water partition coefficient (Wildman–Crippen LogP) is -0.400. The molecule has 1 fully saturated rings. The first-order valence-corrected chi connectivity index (χ1v) is 6.42. The zero-order valence-electron chi connectivity index (χ0n) is 11.0. The fourth-order valence-electron chi connectivity index (χ4n) is 2.04. The number of hydrogen-bond donors (Lipinski definition) is 3. The van der Waals surface area contributed by atoms with Gasteiger partial charge in [-0.05, 0) is 12.5 Å². The highest BCUT2D eigenvalue weighted by atomic mass is 16.7. The molecule has 0 radical (unpaired) electrons. The second-order valence-corrected chi connectivity index (χ2v) is 4.83. The molecule has 1 aromatic rings. The van der Waals surface area contributed by atoms with E-state index < -0.39 is 36.7 Å². The Bertz CT molecular complexity index is 448. The van der Waals surface area contributed by atoms with Gasteiger partial charge in [0.15, 0.2) is 0 Å². The van der Waals surface area contributed by atoms with E-state index >= 15 is 0 Å². The summed E-state index contributed by atoms with van der Waals surface area (Å²) >= 11 is 0. The normalized spacial score (nSPS) is 33.7. The van der Waals surface area contributed by atoms with E-state index in [9.17, 15) is 20.1 Å². The largest absolute Gasteiger partial charge is 0.432 e. The number of esters is 1. The summed E-state index contributed by atoms with van der Waals surface area (Å²) in [6, 6.07) is 9.00. The van der Waals surface area contributed by atoms with Gasteiger partial charge in [-0.25, -0.2) is 0 Å². The van der Waals surface area contributed by atoms with Crippen molar-refractivity contribution in [2.75, 3.05) is 0 Å². The molecule has 110 valence electrons. The monoisotopic (exact) mass is 282 g/mol. The van der Waals surface area contributed by atoms with Gasteiger partial charge in [0.05, 0.1) is 12.5 Å². The van der Waals surface area contributed by atoms with Crippen LogP contribution >= 0.6 is 0 Å². The van der Waals surface area contributed by atoms with Crippen LogP contribution in [0.25, 0.3) is 0 Å². The third-order valence-electron chi connectivity index (χ3n) is 3.25. The average Bonchev–Trinajstić information content (AvgIpc) is 2.43. The first-order chi connectivity index (χ1) is 9.49. The van der Waals surface area contributed by atoms with Crippen LogP contribution < -0.4 is 0 Å². The van der Waals surface area contributed by atoms with Gasteiger partial charge in [-0.2, -0.15) is 0 Å². The number of aliphatic hydroxyl groups is 3. The minimum absolute atomic E-state index is 0.0421. The van der Waals surface area contributed by atoms with Gasteiger partial charge >= 0.3 is 5.97 Å². The number of benzene rings is 1. The van der Waals surface area contributed by atoms with E-state index in [1.807, 2.05) is 6.07 Å². The van der Waals surface area contributed by atoms with Gasteiger partial charge in [0.2, 0.25) is 6.29 Å². The van der Waals surface area contributed by atoms with Gasteiger partial charge < -0.3 is 24.8 Å². The van der Waals surface area contributed by atoms with E-state index in [0.29, 0.717) is 0 Å². The summed E-state index contributed by atoms with van der Waals surface area (Å²) in [4.78, 5) is 11.8. The van der Waals surface area contributed by atoms with Crippen LogP contribution in [-0.2, 0) is 20.7 Å². The van der Waals surface area contributed by atoms with Gasteiger partial charge in [0.1, 0.15) is 18.3 Å². The molecule has 2 rings (SSSR count). The van der Waals surface area contributed by atoms with Crippen molar-refractivity contribution in [3.63, 3.8) is 0 Å². The van der Waals surface area contributed by atoms with Gasteiger partial charge in [0.25, 0.3) is 0 Å². The fourth-order valence-corrected chi connectivity index (χ4v) is 2.04. The second-order valence-electron chi connectivity index (χ2n) is 4.83. The highest BCUT2D eigenvalue weighted by molar-refractivity contribution is 5.72. The van der Waals surface area contributed by atoms with E-state index in [2.05, 4.69) is 0 Å². The van der Waals surface area contributed by atoms with E-state index in [1.165, 1.54) is 6.92 Å². The van der Waals surface area contributed by atoms with E-state index in [0.717, 1.165) is 5.56 Å². The standard InChI is InChI=1S/C14H18O6/c1-8-11(16)12(17)13(18)14(19-8)20-10(15)7-9-5-3-2-4-6-9/h2-6,8,11-14,16-18H,7H2,1H3/t8-,11+,12+,13+,14-/m0/s1. The number of aliphatic hydroxyl groups excluding tert-OH is 3. The summed E-state index contributed by atoms with van der Waals surface area (Å²) < 4.78 is 10.2. The SMILES string of the molecule is C[C@@H]1O[C@@H](OC(=O)Cc2ccccc2)[C@H](O)[C@H](O)[C@@H]1O. The maximum absolute atomic E-state index is 11.8. The molecule has 20 heavy (non-hydrogen) atoms. The first-order valence-electron chi connectivity index (χ1n) is 6.42. The molecule has 0 amide bonds. The Morgan fingerprint density at radius 1 is 1.15 bits per heavy atom. The maximum Gasteiger partial charge on any atom is 0.312 e. The van der Waals surface area contributed by atoms with Crippen LogP contribution in [0.2, 0.25) is 0 Å². The lowest BCUT2D eigenvalue weighted by atomic mass is 10.00. The number of hydrogen-bond acceptors (Lipinski definition) is 6. The Kier molecular flexibility index (Phi) is 4.72. The lowest BCUT2D eigenvalue weighted by Gasteiger charge is -2.38. The molecule has 1 aromatic carbocycles. The van der Waals surface area contributed by atoms with E-state index in [1.54, 1.807) is 24.3 Å². The van der Waals surface area contributed by atoms with Crippen molar-refractivity contribution in [1.29, 1.82) is 0 Å². The third kappa shape index (κ3) is 3.34. The first kappa shape index (κ1) is 14.9. The van der Waals surface area contributed by atoms with Gasteiger partial charge in [-0.15, -0.1) is 0 Å². The Morgan fingerprint density at radius 2 is 1.80 bits per heavy atom. The van der Waals surface area contributed by atoms with Crippen LogP contribution in [-0.4, -0.2) is 52.0 Å². The summed E-state index contributed by atoms with van der Waals surface area (Å²) in [7, 11) is 0. The molecule has 0 bridgehead atoms. The van der Waals surface area contributed by atoms with Crippen molar-refractivity contribution in [2.45, 2.75) is 44.1 Å². The summed E-state index contributed by atoms with van der Waals surface area (Å²) in [6.07, 6.45) is -6.06. The highest BCUT2D eigenvalue weighted by Crippen LogP contribution is 2.22. The molecule has 1 aliphatic heterocycles. The second kappa shape index (κ2) is 6.32. The van der Waals surface area contributed by atoms with Crippen LogP contribution in [0.1, 0.15) is 12.5 Å².